The van der Waals surface area contributed by atoms with Crippen LogP contribution in [0, 0.1) is 23.7 Å². The van der Waals surface area contributed by atoms with Gasteiger partial charge in [0.2, 0.25) is 5.91 Å². The Morgan fingerprint density at radius 2 is 1.88 bits per heavy atom. The van der Waals surface area contributed by atoms with Crippen LogP contribution in [0.4, 0.5) is 0 Å². The van der Waals surface area contributed by atoms with Crippen LogP contribution in [0.1, 0.15) is 6.42 Å². The van der Waals surface area contributed by atoms with Crippen LogP contribution in [0.15, 0.2) is 12.2 Å². The number of carboxylic acid groups (broad SMARTS) is 1. The first-order chi connectivity index (χ1) is 7.65. The Kier molecular flexibility index (Phi) is 2.96. The number of nitrogens with one attached hydrogen (secondary N) is 1. The van der Waals surface area contributed by atoms with Crippen molar-refractivity contribution in [1.82, 2.24) is 5.32 Å². The molecule has 2 bridgehead atoms. The van der Waals surface area contributed by atoms with E-state index in [0.717, 1.165) is 6.42 Å². The molecule has 2 rings (SSSR count). The average Bonchev–Trinajstić information content (AvgIpc) is 2.84. The normalized spacial score (nSPS) is 35.3. The van der Waals surface area contributed by atoms with E-state index >= 15 is 0 Å². The topological polar surface area (TPSA) is 86.6 Å². The van der Waals surface area contributed by atoms with E-state index < -0.39 is 17.8 Å². The van der Waals surface area contributed by atoms with Crippen molar-refractivity contribution in [1.29, 1.82) is 0 Å². The second-order valence-electron chi connectivity index (χ2n) is 4.35. The number of aliphatic hydroxyl groups excluding tert-OH is 1. The Morgan fingerprint density at radius 3 is 2.44 bits per heavy atom. The minimum Gasteiger partial charge on any atom is -0.481 e. The summed E-state index contributed by atoms with van der Waals surface area (Å²) in [5.41, 5.74) is 0. The lowest BCUT2D eigenvalue weighted by Crippen LogP contribution is -2.41. The molecule has 5 heteroatoms. The number of hydrogen-bond donors (Lipinski definition) is 3. The summed E-state index contributed by atoms with van der Waals surface area (Å²) in [6, 6.07) is 0. The van der Waals surface area contributed by atoms with Crippen LogP contribution < -0.4 is 5.32 Å². The zero-order chi connectivity index (χ0) is 11.7. The standard InChI is InChI=1S/C11H15NO4/c13-4-3-12-10(14)8-6-1-2-7(5-6)9(8)11(15)16/h1-2,6-9,13H,3-5H2,(H,12,14)(H,15,16)/t6-,7+,8+,9+/m0/s1. The van der Waals surface area contributed by atoms with Gasteiger partial charge in [-0.15, -0.1) is 0 Å². The van der Waals surface area contributed by atoms with Gasteiger partial charge in [-0.1, -0.05) is 12.2 Å². The maximum atomic E-state index is 11.8. The van der Waals surface area contributed by atoms with Crippen molar-refractivity contribution in [2.45, 2.75) is 6.42 Å². The highest BCUT2D eigenvalue weighted by molar-refractivity contribution is 5.86. The van der Waals surface area contributed by atoms with E-state index in [4.69, 9.17) is 10.2 Å². The third kappa shape index (κ3) is 1.71. The number of hydrogen-bond acceptors (Lipinski definition) is 3. The molecule has 0 aliphatic heterocycles. The van der Waals surface area contributed by atoms with Gasteiger partial charge in [-0.2, -0.15) is 0 Å². The van der Waals surface area contributed by atoms with Crippen molar-refractivity contribution >= 4 is 11.9 Å². The number of aliphatic hydroxyl groups is 1. The lowest BCUT2D eigenvalue weighted by Gasteiger charge is -2.23. The van der Waals surface area contributed by atoms with E-state index in [9.17, 15) is 9.59 Å². The summed E-state index contributed by atoms with van der Waals surface area (Å²) in [6.07, 6.45) is 4.60. The highest BCUT2D eigenvalue weighted by Gasteiger charge is 2.51. The molecule has 16 heavy (non-hydrogen) atoms. The predicted octanol–water partition coefficient (Wildman–Crippen LogP) is -0.382. The van der Waals surface area contributed by atoms with Crippen molar-refractivity contribution in [2.24, 2.45) is 23.7 Å². The monoisotopic (exact) mass is 225 g/mol. The van der Waals surface area contributed by atoms with Gasteiger partial charge in [-0.25, -0.2) is 0 Å². The Bertz CT molecular complexity index is 339. The highest BCUT2D eigenvalue weighted by atomic mass is 16.4. The SMILES string of the molecule is O=C(O)[C@H]1[C@H](C(=O)NCCO)[C@H]2C=C[C@@H]1C2. The van der Waals surface area contributed by atoms with Crippen LogP contribution >= 0.6 is 0 Å². The van der Waals surface area contributed by atoms with Gasteiger partial charge in [0.25, 0.3) is 0 Å². The van der Waals surface area contributed by atoms with Crippen LogP contribution in [0.5, 0.6) is 0 Å². The quantitative estimate of drug-likeness (QED) is 0.569. The van der Waals surface area contributed by atoms with Gasteiger partial charge in [-0.3, -0.25) is 9.59 Å². The molecule has 5 nitrogen and oxygen atoms in total. The zero-order valence-electron chi connectivity index (χ0n) is 8.80. The number of allylic oxidation sites excluding steroid dienone is 2. The number of rotatable bonds is 4. The second kappa shape index (κ2) is 4.25. The van der Waals surface area contributed by atoms with Crippen molar-refractivity contribution in [2.75, 3.05) is 13.2 Å². The van der Waals surface area contributed by atoms with E-state index in [2.05, 4.69) is 5.32 Å². The zero-order valence-corrected chi connectivity index (χ0v) is 8.80. The maximum absolute atomic E-state index is 11.8. The average molecular weight is 225 g/mol. The number of carbonyl (C=O) groups is 2. The predicted molar refractivity (Wildman–Crippen MR) is 55.4 cm³/mol. The fourth-order valence-corrected chi connectivity index (χ4v) is 2.81. The minimum atomic E-state index is -0.902. The summed E-state index contributed by atoms with van der Waals surface area (Å²) in [5.74, 6) is -2.19. The summed E-state index contributed by atoms with van der Waals surface area (Å²) < 4.78 is 0. The molecule has 0 radical (unpaired) electrons. The molecular formula is C11H15NO4. The van der Waals surface area contributed by atoms with Gasteiger partial charge in [0, 0.05) is 6.54 Å². The molecule has 0 unspecified atom stereocenters. The Balaban J connectivity index is 2.10. The fraction of sp³-hybridized carbons (Fsp3) is 0.636. The van der Waals surface area contributed by atoms with E-state index in [1.165, 1.54) is 0 Å². The minimum absolute atomic E-state index is 0.00706. The molecule has 4 atom stereocenters. The van der Waals surface area contributed by atoms with E-state index in [-0.39, 0.29) is 30.9 Å². The number of carboxylic acids is 1. The van der Waals surface area contributed by atoms with E-state index in [1.54, 1.807) is 0 Å². The first-order valence-electron chi connectivity index (χ1n) is 5.45. The van der Waals surface area contributed by atoms with Crippen molar-refractivity contribution in [3.05, 3.63) is 12.2 Å². The first kappa shape index (κ1) is 11.1. The molecule has 0 heterocycles. The molecule has 0 aromatic rings. The lowest BCUT2D eigenvalue weighted by atomic mass is 9.82. The van der Waals surface area contributed by atoms with Crippen LogP contribution in [0.2, 0.25) is 0 Å². The van der Waals surface area contributed by atoms with Crippen molar-refractivity contribution in [3.63, 3.8) is 0 Å². The Labute approximate surface area is 93.1 Å². The molecule has 88 valence electrons. The van der Waals surface area contributed by atoms with Crippen LogP contribution in [0.3, 0.4) is 0 Å². The molecule has 0 aromatic carbocycles. The summed E-state index contributed by atoms with van der Waals surface area (Å²) >= 11 is 0. The molecule has 0 spiro atoms. The number of carbonyl (C=O) groups excluding carboxylic acids is 1. The number of amides is 1. The molecule has 0 aromatic heterocycles. The smallest absolute Gasteiger partial charge is 0.307 e. The van der Waals surface area contributed by atoms with Crippen LogP contribution in [-0.4, -0.2) is 35.2 Å². The van der Waals surface area contributed by atoms with Gasteiger partial charge >= 0.3 is 5.97 Å². The number of aliphatic carboxylic acids is 1. The molecule has 1 saturated carbocycles. The molecule has 0 saturated heterocycles. The van der Waals surface area contributed by atoms with Gasteiger partial charge in [0.1, 0.15) is 0 Å². The first-order valence-corrected chi connectivity index (χ1v) is 5.45. The van der Waals surface area contributed by atoms with Gasteiger partial charge in [-0.05, 0) is 18.3 Å². The van der Waals surface area contributed by atoms with E-state index in [0.29, 0.717) is 0 Å². The lowest BCUT2D eigenvalue weighted by molar-refractivity contribution is -0.147. The third-order valence-corrected chi connectivity index (χ3v) is 3.46. The van der Waals surface area contributed by atoms with Crippen molar-refractivity contribution in [3.8, 4) is 0 Å². The van der Waals surface area contributed by atoms with Crippen LogP contribution in [-0.2, 0) is 9.59 Å². The molecule has 2 aliphatic rings. The summed E-state index contributed by atoms with van der Waals surface area (Å²) in [6.45, 7) is 0.0584. The summed E-state index contributed by atoms with van der Waals surface area (Å²) in [4.78, 5) is 22.9. The Morgan fingerprint density at radius 1 is 1.25 bits per heavy atom. The van der Waals surface area contributed by atoms with Gasteiger partial charge in [0.05, 0.1) is 18.4 Å². The molecule has 2 aliphatic carbocycles. The number of fused-ring (bicyclic) bond motifs is 2. The summed E-state index contributed by atoms with van der Waals surface area (Å²) in [7, 11) is 0. The van der Waals surface area contributed by atoms with Gasteiger partial charge < -0.3 is 15.5 Å². The fourth-order valence-electron chi connectivity index (χ4n) is 2.81. The highest BCUT2D eigenvalue weighted by Crippen LogP contribution is 2.48. The molecular weight excluding hydrogens is 210 g/mol. The van der Waals surface area contributed by atoms with Gasteiger partial charge in [0.15, 0.2) is 0 Å². The second-order valence-corrected chi connectivity index (χ2v) is 4.35. The third-order valence-electron chi connectivity index (χ3n) is 3.46. The van der Waals surface area contributed by atoms with Crippen molar-refractivity contribution < 1.29 is 19.8 Å². The maximum Gasteiger partial charge on any atom is 0.307 e. The molecule has 1 amide bonds. The van der Waals surface area contributed by atoms with E-state index in [1.807, 2.05) is 12.2 Å². The molecule has 1 fully saturated rings. The largest absolute Gasteiger partial charge is 0.481 e. The Hall–Kier alpha value is -1.36. The van der Waals surface area contributed by atoms with Crippen LogP contribution in [0.25, 0.3) is 0 Å². The summed E-state index contributed by atoms with van der Waals surface area (Å²) in [5, 5.41) is 20.3. The molecule has 3 N–H and O–H groups in total.